The number of ether oxygens (including phenoxy) is 3. The van der Waals surface area contributed by atoms with Gasteiger partial charge in [0.25, 0.3) is 0 Å². The number of nitro benzene ring substituents is 1. The Morgan fingerprint density at radius 3 is 1.83 bits per heavy atom. The van der Waals surface area contributed by atoms with Crippen LogP contribution in [-0.2, 0) is 0 Å². The lowest BCUT2D eigenvalue weighted by Gasteiger charge is -2.09. The van der Waals surface area contributed by atoms with Crippen molar-refractivity contribution in [2.75, 3.05) is 21.3 Å². The fourth-order valence-corrected chi connectivity index (χ4v) is 4.51. The van der Waals surface area contributed by atoms with Crippen molar-refractivity contribution in [1.29, 1.82) is 0 Å². The van der Waals surface area contributed by atoms with Crippen LogP contribution >= 0.6 is 15.9 Å². The predicted octanol–water partition coefficient (Wildman–Crippen LogP) is 7.26. The molecule has 9 nitrogen and oxygen atoms in total. The lowest BCUT2D eigenvalue weighted by Crippen LogP contribution is -1.99. The number of aryl methyl sites for hydroxylation is 2. The maximum Gasteiger partial charge on any atom is 0.346 e. The Kier molecular flexibility index (Phi) is 10.2. The van der Waals surface area contributed by atoms with E-state index in [0.717, 1.165) is 48.3 Å². The average Bonchev–Trinajstić information content (AvgIpc) is 3.22. The van der Waals surface area contributed by atoms with E-state index in [9.17, 15) is 32.1 Å². The van der Waals surface area contributed by atoms with E-state index in [-0.39, 0.29) is 11.6 Å². The van der Waals surface area contributed by atoms with Crippen LogP contribution < -0.4 is 14.2 Å². The summed E-state index contributed by atoms with van der Waals surface area (Å²) >= 11 is 3.40. The van der Waals surface area contributed by atoms with Gasteiger partial charge in [-0.2, -0.15) is 4.39 Å². The Balaban J connectivity index is 0.000000184. The number of nitro groups is 1. The van der Waals surface area contributed by atoms with Crippen molar-refractivity contribution < 1.29 is 41.1 Å². The molecule has 5 rings (SSSR count). The van der Waals surface area contributed by atoms with E-state index in [2.05, 4.69) is 35.4 Å². The molecule has 0 N–H and O–H groups in total. The second-order valence-electron chi connectivity index (χ2n) is 8.33. The molecular weight excluding hydrogens is 635 g/mol. The van der Waals surface area contributed by atoms with E-state index < -0.39 is 39.6 Å². The number of fused-ring (bicyclic) bond motifs is 3. The van der Waals surface area contributed by atoms with E-state index in [0.29, 0.717) is 27.6 Å². The molecule has 0 amide bonds. The summed E-state index contributed by atoms with van der Waals surface area (Å²) in [5, 5.41) is 10.3. The molecule has 2 heterocycles. The molecule has 0 saturated carbocycles. The summed E-state index contributed by atoms with van der Waals surface area (Å²) in [4.78, 5) is 18.2. The summed E-state index contributed by atoms with van der Waals surface area (Å²) in [5.41, 5.74) is 2.95. The van der Waals surface area contributed by atoms with Gasteiger partial charge in [-0.05, 0) is 29.8 Å². The average molecular weight is 657 g/mol. The Hall–Kier alpha value is -4.53. The lowest BCUT2D eigenvalue weighted by molar-refractivity contribution is -0.388. The molecule has 0 fully saturated rings. The van der Waals surface area contributed by atoms with Crippen LogP contribution in [0.5, 0.6) is 17.2 Å². The van der Waals surface area contributed by atoms with Crippen molar-refractivity contribution in [3.63, 3.8) is 0 Å². The number of hydrogen-bond donors (Lipinski definition) is 0. The molecule has 0 radical (unpaired) electrons. The standard InChI is InChI=1S/C13H11BrFN3O.C7H5F2NO3.C7H6F2O/c1-6-12-7(2)17-13(14)18(12)9-4-8(15)5-10(19-3)11(9)16-6;1-13-6-3-4(8)2-5(9)7(6)10(11)12;1-10-7-3-5(8)2-6(9)4-7/h4-5H,1-3H3;2-3H,1H3;2-4H,1H3. The van der Waals surface area contributed by atoms with Gasteiger partial charge in [-0.15, -0.1) is 0 Å². The first-order valence-electron chi connectivity index (χ1n) is 11.7. The predicted molar refractivity (Wildman–Crippen MR) is 147 cm³/mol. The SMILES string of the molecule is COc1cc(F)cc(F)c1.COc1cc(F)cc(F)c1[N+](=O)[O-].COc1cc(F)cc2c1nc(C)c1c(C)nc(Br)n12. The number of imidazole rings is 1. The number of benzene rings is 3. The molecule has 5 aromatic rings. The fourth-order valence-electron chi connectivity index (χ4n) is 3.88. The van der Waals surface area contributed by atoms with Gasteiger partial charge >= 0.3 is 5.69 Å². The topological polar surface area (TPSA) is 101 Å². The van der Waals surface area contributed by atoms with Crippen molar-refractivity contribution in [2.45, 2.75) is 13.8 Å². The number of halogens is 6. The number of rotatable bonds is 4. The Morgan fingerprint density at radius 1 is 0.762 bits per heavy atom. The summed E-state index contributed by atoms with van der Waals surface area (Å²) in [6.45, 7) is 3.80. The van der Waals surface area contributed by atoms with Crippen LogP contribution in [0.25, 0.3) is 16.6 Å². The van der Waals surface area contributed by atoms with Crippen LogP contribution in [0.4, 0.5) is 27.6 Å². The van der Waals surface area contributed by atoms with Crippen LogP contribution in [0.1, 0.15) is 11.4 Å². The zero-order valence-corrected chi connectivity index (χ0v) is 24.2. The van der Waals surface area contributed by atoms with E-state index in [1.54, 1.807) is 0 Å². The van der Waals surface area contributed by atoms with Gasteiger partial charge < -0.3 is 14.2 Å². The molecule has 0 spiro atoms. The molecule has 0 saturated heterocycles. The quantitative estimate of drug-likeness (QED) is 0.114. The van der Waals surface area contributed by atoms with Crippen LogP contribution in [0, 0.1) is 53.0 Å². The summed E-state index contributed by atoms with van der Waals surface area (Å²) in [5.74, 6) is -3.61. The van der Waals surface area contributed by atoms with Crippen LogP contribution in [0.2, 0.25) is 0 Å². The van der Waals surface area contributed by atoms with Crippen molar-refractivity contribution >= 4 is 38.2 Å². The zero-order chi connectivity index (χ0) is 31.3. The third-order valence-electron chi connectivity index (χ3n) is 5.58. The van der Waals surface area contributed by atoms with Crippen LogP contribution in [-0.4, -0.2) is 40.6 Å². The maximum absolute atomic E-state index is 13.7. The van der Waals surface area contributed by atoms with E-state index in [1.165, 1.54) is 26.4 Å². The fraction of sp³-hybridized carbons (Fsp3) is 0.185. The smallest absolute Gasteiger partial charge is 0.346 e. The molecule has 0 aliphatic heterocycles. The number of hydrogen-bond acceptors (Lipinski definition) is 7. The van der Waals surface area contributed by atoms with Gasteiger partial charge in [-0.25, -0.2) is 27.5 Å². The molecule has 222 valence electrons. The molecule has 2 aromatic heterocycles. The van der Waals surface area contributed by atoms with Crippen molar-refractivity contribution in [1.82, 2.24) is 14.4 Å². The first-order valence-corrected chi connectivity index (χ1v) is 12.5. The first kappa shape index (κ1) is 32.0. The van der Waals surface area contributed by atoms with Gasteiger partial charge in [-0.3, -0.25) is 14.5 Å². The lowest BCUT2D eigenvalue weighted by atomic mass is 10.2. The summed E-state index contributed by atoms with van der Waals surface area (Å²) < 4.78 is 80.3. The molecular formula is C27H22BrF5N4O5. The third kappa shape index (κ3) is 7.02. The Morgan fingerprint density at radius 2 is 1.29 bits per heavy atom. The normalized spacial score (nSPS) is 10.5. The van der Waals surface area contributed by atoms with Gasteiger partial charge in [0.15, 0.2) is 4.73 Å². The van der Waals surface area contributed by atoms with Crippen molar-refractivity contribution in [2.24, 2.45) is 0 Å². The molecule has 15 heteroatoms. The number of methoxy groups -OCH3 is 3. The van der Waals surface area contributed by atoms with Gasteiger partial charge in [0.05, 0.1) is 48.7 Å². The second-order valence-corrected chi connectivity index (χ2v) is 9.04. The van der Waals surface area contributed by atoms with Gasteiger partial charge in [0.1, 0.15) is 40.3 Å². The number of aromatic nitrogens is 3. The highest BCUT2D eigenvalue weighted by atomic mass is 79.9. The summed E-state index contributed by atoms with van der Waals surface area (Å²) in [6, 6.07) is 6.97. The minimum absolute atomic E-state index is 0.192. The van der Waals surface area contributed by atoms with E-state index in [1.807, 2.05) is 18.2 Å². The van der Waals surface area contributed by atoms with Gasteiger partial charge in [0, 0.05) is 42.5 Å². The summed E-state index contributed by atoms with van der Waals surface area (Å²) in [6.07, 6.45) is 0. The van der Waals surface area contributed by atoms with Crippen LogP contribution in [0.3, 0.4) is 0 Å². The first-order chi connectivity index (χ1) is 19.8. The van der Waals surface area contributed by atoms with E-state index in [4.69, 9.17) is 4.74 Å². The Labute approximate surface area is 243 Å². The monoisotopic (exact) mass is 656 g/mol. The highest BCUT2D eigenvalue weighted by molar-refractivity contribution is 9.10. The number of nitrogens with zero attached hydrogens (tertiary/aromatic N) is 4. The molecule has 3 aromatic carbocycles. The molecule has 42 heavy (non-hydrogen) atoms. The Bertz CT molecular complexity index is 1760. The van der Waals surface area contributed by atoms with Gasteiger partial charge in [-0.1, -0.05) is 0 Å². The maximum atomic E-state index is 13.7. The van der Waals surface area contributed by atoms with E-state index >= 15 is 0 Å². The highest BCUT2D eigenvalue weighted by Gasteiger charge is 2.22. The molecule has 0 atom stereocenters. The molecule has 0 unspecified atom stereocenters. The highest BCUT2D eigenvalue weighted by Crippen LogP contribution is 2.31. The van der Waals surface area contributed by atoms with Crippen LogP contribution in [0.15, 0.2) is 47.2 Å². The largest absolute Gasteiger partial charge is 0.497 e. The molecule has 0 aliphatic rings. The van der Waals surface area contributed by atoms with Crippen molar-refractivity contribution in [3.05, 3.63) is 97.8 Å². The minimum atomic E-state index is -1.25. The molecule has 0 bridgehead atoms. The van der Waals surface area contributed by atoms with Crippen molar-refractivity contribution in [3.8, 4) is 17.2 Å². The van der Waals surface area contributed by atoms with Gasteiger partial charge in [0.2, 0.25) is 11.6 Å². The zero-order valence-electron chi connectivity index (χ0n) is 22.6. The summed E-state index contributed by atoms with van der Waals surface area (Å²) in [7, 11) is 3.96. The third-order valence-corrected chi connectivity index (χ3v) is 6.11. The molecule has 0 aliphatic carbocycles. The second kappa shape index (κ2) is 13.4. The minimum Gasteiger partial charge on any atom is -0.497 e.